The van der Waals surface area contributed by atoms with Crippen LogP contribution in [0.3, 0.4) is 0 Å². The SMILES string of the molecule is CCOC(=O)C(C(C)=O)C(C)c1c(O)c(O)c2c(c1O)C(=O)C(Cl)=CC2=O. The fraction of sp³-hybridized carbons (Fsp3) is 0.333. The van der Waals surface area contributed by atoms with Crippen LogP contribution in [0.25, 0.3) is 0 Å². The molecule has 9 heteroatoms. The van der Waals surface area contributed by atoms with Crippen molar-refractivity contribution in [3.05, 3.63) is 27.8 Å². The van der Waals surface area contributed by atoms with Gasteiger partial charge in [0.1, 0.15) is 17.5 Å². The zero-order valence-corrected chi connectivity index (χ0v) is 15.5. The molecule has 1 aromatic carbocycles. The lowest BCUT2D eigenvalue weighted by atomic mass is 9.80. The molecule has 1 aliphatic carbocycles. The quantitative estimate of drug-likeness (QED) is 0.298. The summed E-state index contributed by atoms with van der Waals surface area (Å²) in [5, 5.41) is 30.6. The van der Waals surface area contributed by atoms with E-state index in [-0.39, 0.29) is 6.61 Å². The van der Waals surface area contributed by atoms with E-state index in [1.807, 2.05) is 0 Å². The number of ketones is 3. The fourth-order valence-electron chi connectivity index (χ4n) is 3.11. The molecule has 0 amide bonds. The van der Waals surface area contributed by atoms with Gasteiger partial charge >= 0.3 is 5.97 Å². The third-order valence-electron chi connectivity index (χ3n) is 4.34. The third-order valence-corrected chi connectivity index (χ3v) is 4.62. The molecule has 8 nitrogen and oxygen atoms in total. The number of aromatic hydroxyl groups is 3. The summed E-state index contributed by atoms with van der Waals surface area (Å²) in [6, 6.07) is 0. The lowest BCUT2D eigenvalue weighted by molar-refractivity contribution is -0.151. The summed E-state index contributed by atoms with van der Waals surface area (Å²) in [6.45, 7) is 3.99. The predicted octanol–water partition coefficient (Wildman–Crippen LogP) is 2.18. The van der Waals surface area contributed by atoms with Gasteiger partial charge in [0.05, 0.1) is 22.8 Å². The first kappa shape index (κ1) is 20.4. The summed E-state index contributed by atoms with van der Waals surface area (Å²) in [5.41, 5.74) is -1.64. The van der Waals surface area contributed by atoms with E-state index < -0.39 is 74.1 Å². The molecule has 27 heavy (non-hydrogen) atoms. The Kier molecular flexibility index (Phi) is 5.60. The van der Waals surface area contributed by atoms with E-state index in [1.54, 1.807) is 0 Å². The molecule has 0 aromatic heterocycles. The molecule has 3 N–H and O–H groups in total. The average Bonchev–Trinajstić information content (AvgIpc) is 2.56. The summed E-state index contributed by atoms with van der Waals surface area (Å²) in [5.74, 6) is -8.63. The Balaban J connectivity index is 2.74. The molecule has 2 rings (SSSR count). The lowest BCUT2D eigenvalue weighted by Gasteiger charge is -2.25. The number of halogens is 1. The number of allylic oxidation sites excluding steroid dienone is 2. The van der Waals surface area contributed by atoms with Gasteiger partial charge < -0.3 is 20.1 Å². The first-order chi connectivity index (χ1) is 12.5. The molecule has 144 valence electrons. The van der Waals surface area contributed by atoms with E-state index in [9.17, 15) is 34.5 Å². The maximum atomic E-state index is 12.3. The Morgan fingerprint density at radius 2 is 1.70 bits per heavy atom. The molecule has 0 spiro atoms. The summed E-state index contributed by atoms with van der Waals surface area (Å²) in [7, 11) is 0. The first-order valence-electron chi connectivity index (χ1n) is 7.98. The molecule has 0 aliphatic heterocycles. The van der Waals surface area contributed by atoms with Crippen molar-refractivity contribution in [1.29, 1.82) is 0 Å². The van der Waals surface area contributed by atoms with Crippen molar-refractivity contribution in [2.45, 2.75) is 26.7 Å². The zero-order valence-electron chi connectivity index (χ0n) is 14.7. The highest BCUT2D eigenvalue weighted by Crippen LogP contribution is 2.49. The maximum Gasteiger partial charge on any atom is 0.317 e. The van der Waals surface area contributed by atoms with Gasteiger partial charge in [0.25, 0.3) is 0 Å². The minimum absolute atomic E-state index is 0.00384. The maximum absolute atomic E-state index is 12.3. The van der Waals surface area contributed by atoms with Gasteiger partial charge in [-0.3, -0.25) is 19.2 Å². The Labute approximate surface area is 159 Å². The van der Waals surface area contributed by atoms with E-state index in [1.165, 1.54) is 13.8 Å². The van der Waals surface area contributed by atoms with Crippen LogP contribution in [0.2, 0.25) is 0 Å². The van der Waals surface area contributed by atoms with E-state index >= 15 is 0 Å². The molecular weight excluding hydrogens is 380 g/mol. The van der Waals surface area contributed by atoms with Crippen LogP contribution in [-0.4, -0.2) is 45.2 Å². The minimum Gasteiger partial charge on any atom is -0.507 e. The van der Waals surface area contributed by atoms with Crippen LogP contribution < -0.4 is 0 Å². The molecule has 0 radical (unpaired) electrons. The van der Waals surface area contributed by atoms with Gasteiger partial charge in [-0.05, 0) is 13.8 Å². The van der Waals surface area contributed by atoms with E-state index in [4.69, 9.17) is 16.3 Å². The number of phenols is 3. The van der Waals surface area contributed by atoms with Gasteiger partial charge in [-0.25, -0.2) is 0 Å². The van der Waals surface area contributed by atoms with E-state index in [0.717, 1.165) is 13.0 Å². The average molecular weight is 397 g/mol. The minimum atomic E-state index is -1.42. The van der Waals surface area contributed by atoms with Gasteiger partial charge in [-0.15, -0.1) is 0 Å². The van der Waals surface area contributed by atoms with Crippen molar-refractivity contribution >= 4 is 34.9 Å². The zero-order chi connectivity index (χ0) is 20.6. The highest BCUT2D eigenvalue weighted by atomic mass is 35.5. The number of rotatable bonds is 5. The van der Waals surface area contributed by atoms with Crippen LogP contribution >= 0.6 is 11.6 Å². The number of hydrogen-bond donors (Lipinski definition) is 3. The fourth-order valence-corrected chi connectivity index (χ4v) is 3.31. The number of carbonyl (C=O) groups is 4. The predicted molar refractivity (Wildman–Crippen MR) is 93.3 cm³/mol. The molecule has 1 aromatic rings. The number of ether oxygens (including phenoxy) is 1. The van der Waals surface area contributed by atoms with Crippen LogP contribution in [0.4, 0.5) is 0 Å². The van der Waals surface area contributed by atoms with Gasteiger partial charge in [0.2, 0.25) is 5.78 Å². The molecule has 2 unspecified atom stereocenters. The normalized spacial score (nSPS) is 15.6. The smallest absolute Gasteiger partial charge is 0.317 e. The van der Waals surface area contributed by atoms with Crippen molar-refractivity contribution in [2.24, 2.45) is 5.92 Å². The van der Waals surface area contributed by atoms with Gasteiger partial charge in [0, 0.05) is 17.6 Å². The Bertz CT molecular complexity index is 899. The number of esters is 1. The monoisotopic (exact) mass is 396 g/mol. The standard InChI is InChI=1S/C18H17ClO8/c1-4-27-18(26)10(7(3)20)6(2)11-15(23)13-12(17(25)16(11)24)9(21)5-8(19)14(13)22/h5-6,10,23-25H,4H2,1-3H3. The van der Waals surface area contributed by atoms with Crippen molar-refractivity contribution in [1.82, 2.24) is 0 Å². The van der Waals surface area contributed by atoms with Crippen molar-refractivity contribution in [2.75, 3.05) is 6.61 Å². The van der Waals surface area contributed by atoms with E-state index in [0.29, 0.717) is 0 Å². The van der Waals surface area contributed by atoms with Crippen molar-refractivity contribution in [3.63, 3.8) is 0 Å². The van der Waals surface area contributed by atoms with Crippen LogP contribution in [0, 0.1) is 5.92 Å². The summed E-state index contributed by atoms with van der Waals surface area (Å²) < 4.78 is 4.85. The Hall–Kier alpha value is -2.87. The highest BCUT2D eigenvalue weighted by Gasteiger charge is 2.40. The van der Waals surface area contributed by atoms with Gasteiger partial charge in [0.15, 0.2) is 17.3 Å². The molecule has 0 fully saturated rings. The Morgan fingerprint density at radius 3 is 2.22 bits per heavy atom. The molecule has 0 saturated heterocycles. The largest absolute Gasteiger partial charge is 0.507 e. The molecule has 0 heterocycles. The molecule has 2 atom stereocenters. The number of hydrogen-bond acceptors (Lipinski definition) is 8. The van der Waals surface area contributed by atoms with E-state index in [2.05, 4.69) is 0 Å². The summed E-state index contributed by atoms with van der Waals surface area (Å²) in [4.78, 5) is 48.5. The van der Waals surface area contributed by atoms with Crippen molar-refractivity contribution < 1.29 is 39.2 Å². The first-order valence-corrected chi connectivity index (χ1v) is 8.36. The Morgan fingerprint density at radius 1 is 1.11 bits per heavy atom. The van der Waals surface area contributed by atoms with Crippen LogP contribution in [0.1, 0.15) is 53.0 Å². The summed E-state index contributed by atoms with van der Waals surface area (Å²) >= 11 is 5.70. The molecule has 0 saturated carbocycles. The van der Waals surface area contributed by atoms with Gasteiger partial charge in [-0.2, -0.15) is 0 Å². The van der Waals surface area contributed by atoms with Crippen LogP contribution in [0.15, 0.2) is 11.1 Å². The number of phenolic OH excluding ortho intramolecular Hbond substituents is 3. The van der Waals surface area contributed by atoms with Gasteiger partial charge in [-0.1, -0.05) is 18.5 Å². The third kappa shape index (κ3) is 3.28. The second-order valence-corrected chi connectivity index (χ2v) is 6.43. The molecule has 0 bridgehead atoms. The van der Waals surface area contributed by atoms with Crippen LogP contribution in [-0.2, 0) is 14.3 Å². The number of carbonyl (C=O) groups excluding carboxylic acids is 4. The second-order valence-electron chi connectivity index (χ2n) is 6.02. The molecular formula is C18H17ClO8. The highest BCUT2D eigenvalue weighted by molar-refractivity contribution is 6.49. The number of Topliss-reactive ketones (excluding diaryl/α,β-unsaturated/α-hetero) is 2. The second kappa shape index (κ2) is 7.40. The lowest BCUT2D eigenvalue weighted by Crippen LogP contribution is -2.29. The number of benzene rings is 1. The molecule has 1 aliphatic rings. The van der Waals surface area contributed by atoms with Crippen molar-refractivity contribution in [3.8, 4) is 17.2 Å². The number of fused-ring (bicyclic) bond motifs is 1. The van der Waals surface area contributed by atoms with Crippen LogP contribution in [0.5, 0.6) is 17.2 Å². The summed E-state index contributed by atoms with van der Waals surface area (Å²) in [6.07, 6.45) is 0.755. The topological polar surface area (TPSA) is 138 Å².